The Balaban J connectivity index is 1.94. The van der Waals surface area contributed by atoms with Gasteiger partial charge in [-0.15, -0.1) is 0 Å². The van der Waals surface area contributed by atoms with Crippen molar-refractivity contribution in [2.75, 3.05) is 19.7 Å². The molecule has 1 aliphatic heterocycles. The van der Waals surface area contributed by atoms with Crippen molar-refractivity contribution in [3.8, 4) is 5.75 Å². The normalized spacial score (nSPS) is 22.6. The molecule has 19 heavy (non-hydrogen) atoms. The summed E-state index contributed by atoms with van der Waals surface area (Å²) in [6.45, 7) is 6.67. The van der Waals surface area contributed by atoms with E-state index in [0.29, 0.717) is 19.1 Å². The highest BCUT2D eigenvalue weighted by molar-refractivity contribution is 5.27. The topological polar surface area (TPSA) is 52.9 Å². The van der Waals surface area contributed by atoms with E-state index in [1.807, 2.05) is 6.07 Å². The van der Waals surface area contributed by atoms with Gasteiger partial charge in [-0.1, -0.05) is 12.1 Å². The third-order valence-corrected chi connectivity index (χ3v) is 3.64. The van der Waals surface area contributed by atoms with Gasteiger partial charge in [-0.05, 0) is 31.5 Å². The summed E-state index contributed by atoms with van der Waals surface area (Å²) in [6, 6.07) is 7.49. The second kappa shape index (κ2) is 6.37. The highest BCUT2D eigenvalue weighted by Crippen LogP contribution is 2.17. The lowest BCUT2D eigenvalue weighted by Gasteiger charge is -2.37. The lowest BCUT2D eigenvalue weighted by molar-refractivity contribution is -0.0940. The molecule has 106 valence electrons. The van der Waals surface area contributed by atoms with E-state index in [4.69, 9.17) is 4.74 Å². The second-order valence-corrected chi connectivity index (χ2v) is 5.44. The van der Waals surface area contributed by atoms with Crippen LogP contribution < -0.4 is 0 Å². The molecular weight excluding hydrogens is 242 g/mol. The van der Waals surface area contributed by atoms with E-state index in [1.165, 1.54) is 0 Å². The Morgan fingerprint density at radius 2 is 2.21 bits per heavy atom. The fourth-order valence-corrected chi connectivity index (χ4v) is 2.45. The summed E-state index contributed by atoms with van der Waals surface area (Å²) in [5, 5.41) is 19.7. The maximum absolute atomic E-state index is 10.3. The third-order valence-electron chi connectivity index (χ3n) is 3.64. The molecule has 4 heteroatoms. The van der Waals surface area contributed by atoms with Crippen LogP contribution in [0.25, 0.3) is 0 Å². The van der Waals surface area contributed by atoms with Crippen LogP contribution in [0.2, 0.25) is 0 Å². The lowest BCUT2D eigenvalue weighted by atomic mass is 10.0. The first-order chi connectivity index (χ1) is 9.06. The number of phenolic OH excluding ortho intramolecular Hbond substituents is 1. The van der Waals surface area contributed by atoms with Crippen LogP contribution >= 0.6 is 0 Å². The first-order valence-corrected chi connectivity index (χ1v) is 6.88. The van der Waals surface area contributed by atoms with Gasteiger partial charge >= 0.3 is 0 Å². The van der Waals surface area contributed by atoms with Gasteiger partial charge in [0.2, 0.25) is 0 Å². The number of morpholine rings is 1. The van der Waals surface area contributed by atoms with Gasteiger partial charge < -0.3 is 14.9 Å². The molecule has 4 nitrogen and oxygen atoms in total. The summed E-state index contributed by atoms with van der Waals surface area (Å²) in [5.41, 5.74) is 0.928. The summed E-state index contributed by atoms with van der Waals surface area (Å²) < 4.78 is 5.67. The number of rotatable bonds is 4. The molecule has 0 aliphatic carbocycles. The van der Waals surface area contributed by atoms with Gasteiger partial charge in [-0.2, -0.15) is 0 Å². The Kier molecular flexibility index (Phi) is 4.80. The highest BCUT2D eigenvalue weighted by Gasteiger charge is 2.28. The minimum atomic E-state index is -0.539. The molecule has 0 aromatic heterocycles. The molecule has 0 bridgehead atoms. The van der Waals surface area contributed by atoms with Gasteiger partial charge in [0, 0.05) is 25.6 Å². The summed E-state index contributed by atoms with van der Waals surface area (Å²) in [6.07, 6.45) is -0.188. The SMILES string of the molecule is CC(C)N1CCOC(C(O)Cc2cccc(O)c2)C1. The van der Waals surface area contributed by atoms with Gasteiger partial charge in [-0.25, -0.2) is 0 Å². The average molecular weight is 265 g/mol. The van der Waals surface area contributed by atoms with E-state index in [9.17, 15) is 10.2 Å². The average Bonchev–Trinajstić information content (AvgIpc) is 2.39. The van der Waals surface area contributed by atoms with Crippen molar-refractivity contribution >= 4 is 0 Å². The van der Waals surface area contributed by atoms with Gasteiger partial charge in [0.05, 0.1) is 18.8 Å². The number of nitrogens with zero attached hydrogens (tertiary/aromatic N) is 1. The summed E-state index contributed by atoms with van der Waals surface area (Å²) in [7, 11) is 0. The van der Waals surface area contributed by atoms with Gasteiger partial charge in [-0.3, -0.25) is 4.90 Å². The second-order valence-electron chi connectivity index (χ2n) is 5.44. The monoisotopic (exact) mass is 265 g/mol. The fourth-order valence-electron chi connectivity index (χ4n) is 2.45. The zero-order valence-electron chi connectivity index (χ0n) is 11.6. The predicted molar refractivity (Wildman–Crippen MR) is 74.3 cm³/mol. The molecule has 0 radical (unpaired) electrons. The molecule has 1 aromatic rings. The number of aromatic hydroxyl groups is 1. The molecule has 1 heterocycles. The third kappa shape index (κ3) is 3.93. The number of hydrogen-bond acceptors (Lipinski definition) is 4. The molecular formula is C15H23NO3. The van der Waals surface area contributed by atoms with E-state index >= 15 is 0 Å². The zero-order valence-corrected chi connectivity index (χ0v) is 11.6. The van der Waals surface area contributed by atoms with Crippen LogP contribution in [0.15, 0.2) is 24.3 Å². The molecule has 0 saturated carbocycles. The largest absolute Gasteiger partial charge is 0.508 e. The number of benzene rings is 1. The van der Waals surface area contributed by atoms with Crippen molar-refractivity contribution in [2.45, 2.75) is 38.5 Å². The van der Waals surface area contributed by atoms with Gasteiger partial charge in [0.1, 0.15) is 5.75 Å². The number of phenols is 1. The molecule has 1 saturated heterocycles. The van der Waals surface area contributed by atoms with Crippen molar-refractivity contribution < 1.29 is 14.9 Å². The smallest absolute Gasteiger partial charge is 0.115 e. The summed E-state index contributed by atoms with van der Waals surface area (Å²) in [4.78, 5) is 2.32. The van der Waals surface area contributed by atoms with Gasteiger partial charge in [0.15, 0.2) is 0 Å². The molecule has 2 N–H and O–H groups in total. The minimum absolute atomic E-state index is 0.154. The minimum Gasteiger partial charge on any atom is -0.508 e. The first-order valence-electron chi connectivity index (χ1n) is 6.88. The van der Waals surface area contributed by atoms with E-state index < -0.39 is 6.10 Å². The van der Waals surface area contributed by atoms with Crippen molar-refractivity contribution in [3.63, 3.8) is 0 Å². The molecule has 1 aliphatic rings. The van der Waals surface area contributed by atoms with Crippen LogP contribution in [0.3, 0.4) is 0 Å². The molecule has 2 unspecified atom stereocenters. The Labute approximate surface area is 114 Å². The van der Waals surface area contributed by atoms with Crippen molar-refractivity contribution in [3.05, 3.63) is 29.8 Å². The van der Waals surface area contributed by atoms with E-state index in [2.05, 4.69) is 18.7 Å². The van der Waals surface area contributed by atoms with Crippen molar-refractivity contribution in [1.29, 1.82) is 0 Å². The Bertz CT molecular complexity index is 408. The zero-order chi connectivity index (χ0) is 13.8. The molecule has 0 spiro atoms. The molecule has 0 amide bonds. The van der Waals surface area contributed by atoms with Crippen LogP contribution in [-0.2, 0) is 11.2 Å². The van der Waals surface area contributed by atoms with Crippen LogP contribution in [0, 0.1) is 0 Å². The van der Waals surface area contributed by atoms with Gasteiger partial charge in [0.25, 0.3) is 0 Å². The van der Waals surface area contributed by atoms with Crippen molar-refractivity contribution in [1.82, 2.24) is 4.90 Å². The quantitative estimate of drug-likeness (QED) is 0.864. The van der Waals surface area contributed by atoms with Crippen LogP contribution in [0.5, 0.6) is 5.75 Å². The van der Waals surface area contributed by atoms with E-state index in [-0.39, 0.29) is 11.9 Å². The molecule has 2 rings (SSSR count). The van der Waals surface area contributed by atoms with Crippen molar-refractivity contribution in [2.24, 2.45) is 0 Å². The first kappa shape index (κ1) is 14.3. The molecule has 1 fully saturated rings. The number of aliphatic hydroxyl groups is 1. The van der Waals surface area contributed by atoms with Crippen LogP contribution in [-0.4, -0.2) is 53.1 Å². The van der Waals surface area contributed by atoms with Crippen LogP contribution in [0.4, 0.5) is 0 Å². The Morgan fingerprint density at radius 1 is 1.42 bits per heavy atom. The summed E-state index contributed by atoms with van der Waals surface area (Å²) in [5.74, 6) is 0.234. The highest BCUT2D eigenvalue weighted by atomic mass is 16.5. The Hall–Kier alpha value is -1.10. The molecule has 1 aromatic carbocycles. The fraction of sp³-hybridized carbons (Fsp3) is 0.600. The maximum atomic E-state index is 10.3. The number of ether oxygens (including phenoxy) is 1. The number of aliphatic hydroxyl groups excluding tert-OH is 1. The van der Waals surface area contributed by atoms with E-state index in [1.54, 1.807) is 18.2 Å². The van der Waals surface area contributed by atoms with Crippen LogP contribution in [0.1, 0.15) is 19.4 Å². The molecule has 2 atom stereocenters. The summed E-state index contributed by atoms with van der Waals surface area (Å²) >= 11 is 0. The van der Waals surface area contributed by atoms with E-state index in [0.717, 1.165) is 18.7 Å². The number of hydrogen-bond donors (Lipinski definition) is 2. The lowest BCUT2D eigenvalue weighted by Crippen LogP contribution is -2.50. The standard InChI is InChI=1S/C15H23NO3/c1-11(2)16-6-7-19-15(10-16)14(18)9-12-4-3-5-13(17)8-12/h3-5,8,11,14-15,17-18H,6-7,9-10H2,1-2H3. The predicted octanol–water partition coefficient (Wildman–Crippen LogP) is 1.40. The Morgan fingerprint density at radius 3 is 2.89 bits per heavy atom. The maximum Gasteiger partial charge on any atom is 0.115 e.